The molecule has 1 atom stereocenters. The molecule has 1 amide bonds. The van der Waals surface area contributed by atoms with E-state index in [0.717, 1.165) is 43.7 Å². The van der Waals surface area contributed by atoms with E-state index in [1.165, 1.54) is 0 Å². The monoisotopic (exact) mass is 291 g/mol. The van der Waals surface area contributed by atoms with Crippen molar-refractivity contribution >= 4 is 5.91 Å². The number of hydrogen-bond acceptors (Lipinski definition) is 3. The molecule has 0 saturated carbocycles. The number of carbonyl (C=O) groups is 1. The first kappa shape index (κ1) is 15.8. The van der Waals surface area contributed by atoms with Gasteiger partial charge in [0, 0.05) is 25.6 Å². The number of ether oxygens (including phenoxy) is 1. The standard InChI is InChI=1S/C17H25NO3/c1-13(11-14-3-5-16(21-2)6-4-14)17(20)18-9-7-15(12-19)8-10-18/h3-6,13,15,19H,7-12H2,1-2H3. The van der Waals surface area contributed by atoms with Crippen molar-refractivity contribution in [3.63, 3.8) is 0 Å². The van der Waals surface area contributed by atoms with Crippen LogP contribution < -0.4 is 4.74 Å². The fourth-order valence-corrected chi connectivity index (χ4v) is 2.85. The van der Waals surface area contributed by atoms with Gasteiger partial charge < -0.3 is 14.7 Å². The molecule has 0 aliphatic carbocycles. The molecule has 1 fully saturated rings. The second-order valence-corrected chi connectivity index (χ2v) is 5.90. The number of nitrogens with zero attached hydrogens (tertiary/aromatic N) is 1. The highest BCUT2D eigenvalue weighted by Crippen LogP contribution is 2.20. The van der Waals surface area contributed by atoms with Gasteiger partial charge in [-0.15, -0.1) is 0 Å². The van der Waals surface area contributed by atoms with Crippen LogP contribution in [0.15, 0.2) is 24.3 Å². The number of benzene rings is 1. The maximum atomic E-state index is 12.5. The number of hydrogen-bond donors (Lipinski definition) is 1. The van der Waals surface area contributed by atoms with Gasteiger partial charge in [0.25, 0.3) is 0 Å². The third-order valence-electron chi connectivity index (χ3n) is 4.31. The fourth-order valence-electron chi connectivity index (χ4n) is 2.85. The SMILES string of the molecule is COc1ccc(CC(C)C(=O)N2CCC(CO)CC2)cc1. The lowest BCUT2D eigenvalue weighted by molar-refractivity contribution is -0.136. The van der Waals surface area contributed by atoms with Gasteiger partial charge in [-0.2, -0.15) is 0 Å². The predicted molar refractivity (Wildman–Crippen MR) is 82.3 cm³/mol. The smallest absolute Gasteiger partial charge is 0.225 e. The Morgan fingerprint density at radius 3 is 2.48 bits per heavy atom. The normalized spacial score (nSPS) is 17.6. The highest BCUT2D eigenvalue weighted by Gasteiger charge is 2.25. The van der Waals surface area contributed by atoms with E-state index in [1.54, 1.807) is 7.11 Å². The summed E-state index contributed by atoms with van der Waals surface area (Å²) in [4.78, 5) is 14.4. The van der Waals surface area contributed by atoms with E-state index in [-0.39, 0.29) is 18.4 Å². The number of aliphatic hydroxyl groups excluding tert-OH is 1. The van der Waals surface area contributed by atoms with Gasteiger partial charge in [0.05, 0.1) is 7.11 Å². The molecule has 1 N–H and O–H groups in total. The van der Waals surface area contributed by atoms with Crippen molar-refractivity contribution in [1.29, 1.82) is 0 Å². The van der Waals surface area contributed by atoms with Gasteiger partial charge >= 0.3 is 0 Å². The topological polar surface area (TPSA) is 49.8 Å². The third kappa shape index (κ3) is 4.21. The lowest BCUT2D eigenvalue weighted by atomic mass is 9.95. The molecule has 116 valence electrons. The van der Waals surface area contributed by atoms with Crippen LogP contribution in [0.5, 0.6) is 5.75 Å². The maximum absolute atomic E-state index is 12.5. The van der Waals surface area contributed by atoms with E-state index in [9.17, 15) is 4.79 Å². The molecule has 0 spiro atoms. The van der Waals surface area contributed by atoms with Crippen molar-refractivity contribution < 1.29 is 14.6 Å². The van der Waals surface area contributed by atoms with Crippen molar-refractivity contribution in [3.05, 3.63) is 29.8 Å². The Balaban J connectivity index is 1.87. The first-order chi connectivity index (χ1) is 10.1. The van der Waals surface area contributed by atoms with E-state index in [1.807, 2.05) is 36.1 Å². The van der Waals surface area contributed by atoms with Crippen molar-refractivity contribution in [2.75, 3.05) is 26.8 Å². The van der Waals surface area contributed by atoms with Gasteiger partial charge in [-0.25, -0.2) is 0 Å². The number of methoxy groups -OCH3 is 1. The predicted octanol–water partition coefficient (Wildman–Crippen LogP) is 2.10. The number of carbonyl (C=O) groups excluding carboxylic acids is 1. The molecule has 0 radical (unpaired) electrons. The molecule has 1 unspecified atom stereocenters. The summed E-state index contributed by atoms with van der Waals surface area (Å²) in [6.07, 6.45) is 2.58. The zero-order valence-electron chi connectivity index (χ0n) is 12.9. The zero-order chi connectivity index (χ0) is 15.2. The average Bonchev–Trinajstić information content (AvgIpc) is 2.55. The summed E-state index contributed by atoms with van der Waals surface area (Å²) in [7, 11) is 1.65. The molecule has 21 heavy (non-hydrogen) atoms. The van der Waals surface area contributed by atoms with Gasteiger partial charge in [0.15, 0.2) is 0 Å². The summed E-state index contributed by atoms with van der Waals surface area (Å²) >= 11 is 0. The number of likely N-dealkylation sites (tertiary alicyclic amines) is 1. The average molecular weight is 291 g/mol. The number of rotatable bonds is 5. The van der Waals surface area contributed by atoms with E-state index in [2.05, 4.69) is 0 Å². The van der Waals surface area contributed by atoms with Crippen molar-refractivity contribution in [1.82, 2.24) is 4.90 Å². The Morgan fingerprint density at radius 2 is 1.95 bits per heavy atom. The van der Waals surface area contributed by atoms with Gasteiger partial charge in [-0.3, -0.25) is 4.79 Å². The molecule has 4 nitrogen and oxygen atoms in total. The molecule has 1 aliphatic heterocycles. The van der Waals surface area contributed by atoms with Crippen molar-refractivity contribution in [2.45, 2.75) is 26.2 Å². The summed E-state index contributed by atoms with van der Waals surface area (Å²) in [5, 5.41) is 9.15. The number of aliphatic hydroxyl groups is 1. The minimum absolute atomic E-state index is 0.0101. The Bertz CT molecular complexity index is 450. The van der Waals surface area contributed by atoms with Crippen molar-refractivity contribution in [2.24, 2.45) is 11.8 Å². The molecule has 1 saturated heterocycles. The molecule has 0 aromatic heterocycles. The van der Waals surface area contributed by atoms with Crippen LogP contribution in [0.3, 0.4) is 0 Å². The van der Waals surface area contributed by atoms with Crippen LogP contribution in [0.25, 0.3) is 0 Å². The molecule has 1 aromatic rings. The molecule has 1 aliphatic rings. The van der Waals surface area contributed by atoms with Crippen LogP contribution in [-0.4, -0.2) is 42.7 Å². The first-order valence-electron chi connectivity index (χ1n) is 7.66. The maximum Gasteiger partial charge on any atom is 0.225 e. The molecular weight excluding hydrogens is 266 g/mol. The summed E-state index contributed by atoms with van der Waals surface area (Å²) < 4.78 is 5.14. The highest BCUT2D eigenvalue weighted by molar-refractivity contribution is 5.78. The van der Waals surface area contributed by atoms with E-state index in [4.69, 9.17) is 9.84 Å². The molecule has 0 bridgehead atoms. The molecule has 1 aromatic carbocycles. The van der Waals surface area contributed by atoms with Crippen LogP contribution >= 0.6 is 0 Å². The van der Waals surface area contributed by atoms with E-state index < -0.39 is 0 Å². The minimum Gasteiger partial charge on any atom is -0.497 e. The van der Waals surface area contributed by atoms with Crippen LogP contribution in [0.4, 0.5) is 0 Å². The second-order valence-electron chi connectivity index (χ2n) is 5.90. The highest BCUT2D eigenvalue weighted by atomic mass is 16.5. The molecule has 2 rings (SSSR count). The molecular formula is C17H25NO3. The lowest BCUT2D eigenvalue weighted by Gasteiger charge is -2.33. The Hall–Kier alpha value is -1.55. The van der Waals surface area contributed by atoms with Crippen molar-refractivity contribution in [3.8, 4) is 5.75 Å². The van der Waals surface area contributed by atoms with Crippen LogP contribution in [0, 0.1) is 11.8 Å². The van der Waals surface area contributed by atoms with Gasteiger partial charge in [-0.1, -0.05) is 19.1 Å². The summed E-state index contributed by atoms with van der Waals surface area (Å²) in [6.45, 7) is 3.78. The van der Waals surface area contributed by atoms with E-state index in [0.29, 0.717) is 5.92 Å². The summed E-state index contributed by atoms with van der Waals surface area (Å²) in [5.74, 6) is 1.42. The van der Waals surface area contributed by atoms with Crippen LogP contribution in [0.1, 0.15) is 25.3 Å². The second kappa shape index (κ2) is 7.46. The van der Waals surface area contributed by atoms with Gasteiger partial charge in [0.1, 0.15) is 5.75 Å². The summed E-state index contributed by atoms with van der Waals surface area (Å²) in [6, 6.07) is 7.89. The van der Waals surface area contributed by atoms with Crippen LogP contribution in [-0.2, 0) is 11.2 Å². The quantitative estimate of drug-likeness (QED) is 0.904. The van der Waals surface area contributed by atoms with E-state index >= 15 is 0 Å². The molecule has 1 heterocycles. The lowest BCUT2D eigenvalue weighted by Crippen LogP contribution is -2.42. The Morgan fingerprint density at radius 1 is 1.33 bits per heavy atom. The largest absolute Gasteiger partial charge is 0.497 e. The van der Waals surface area contributed by atoms with Gasteiger partial charge in [0.2, 0.25) is 5.91 Å². The zero-order valence-corrected chi connectivity index (χ0v) is 12.9. The summed E-state index contributed by atoms with van der Waals surface area (Å²) in [5.41, 5.74) is 1.15. The Labute approximate surface area is 126 Å². The molecule has 4 heteroatoms. The minimum atomic E-state index is -0.0101. The number of piperidine rings is 1. The van der Waals surface area contributed by atoms with Crippen LogP contribution in [0.2, 0.25) is 0 Å². The first-order valence-corrected chi connectivity index (χ1v) is 7.66. The fraction of sp³-hybridized carbons (Fsp3) is 0.588. The third-order valence-corrected chi connectivity index (χ3v) is 4.31. The van der Waals surface area contributed by atoms with Gasteiger partial charge in [-0.05, 0) is 42.9 Å². The number of amides is 1. The Kier molecular flexibility index (Phi) is 5.62.